The number of nitrogens with one attached hydrogen (secondary N) is 2. The number of hydrogen-bond acceptors (Lipinski definition) is 4. The molecule has 0 aliphatic heterocycles. The van der Waals surface area contributed by atoms with Crippen LogP contribution in [-0.4, -0.2) is 25.0 Å². The van der Waals surface area contributed by atoms with Crippen molar-refractivity contribution in [1.29, 1.82) is 0 Å². The first-order valence-electron chi connectivity index (χ1n) is 8.05. The smallest absolute Gasteiger partial charge is 0.186 e. The van der Waals surface area contributed by atoms with Crippen molar-refractivity contribution in [2.45, 2.75) is 20.5 Å². The Morgan fingerprint density at radius 2 is 1.92 bits per heavy atom. The van der Waals surface area contributed by atoms with Crippen LogP contribution in [0.25, 0.3) is 0 Å². The third-order valence-corrected chi connectivity index (χ3v) is 3.66. The van der Waals surface area contributed by atoms with E-state index in [-0.39, 0.29) is 0 Å². The Morgan fingerprint density at radius 1 is 1.16 bits per heavy atom. The van der Waals surface area contributed by atoms with Gasteiger partial charge in [-0.15, -0.1) is 0 Å². The van der Waals surface area contributed by atoms with Gasteiger partial charge in [0.05, 0.1) is 13.3 Å². The second kappa shape index (κ2) is 9.64. The van der Waals surface area contributed by atoms with Crippen LogP contribution in [-0.2, 0) is 6.61 Å². The van der Waals surface area contributed by atoms with Crippen molar-refractivity contribution in [2.24, 2.45) is 5.10 Å². The minimum Gasteiger partial charge on any atom is -0.493 e. The highest BCUT2D eigenvalue weighted by atomic mass is 32.1. The van der Waals surface area contributed by atoms with Gasteiger partial charge >= 0.3 is 0 Å². The normalized spacial score (nSPS) is 10.5. The molecule has 2 aromatic rings. The second-order valence-corrected chi connectivity index (χ2v) is 5.82. The quantitative estimate of drug-likeness (QED) is 0.452. The fourth-order valence-electron chi connectivity index (χ4n) is 2.09. The van der Waals surface area contributed by atoms with Gasteiger partial charge in [-0.1, -0.05) is 29.8 Å². The van der Waals surface area contributed by atoms with Crippen molar-refractivity contribution in [2.75, 3.05) is 13.7 Å². The summed E-state index contributed by atoms with van der Waals surface area (Å²) >= 11 is 5.05. The lowest BCUT2D eigenvalue weighted by Crippen LogP contribution is -2.31. The molecule has 0 spiro atoms. The lowest BCUT2D eigenvalue weighted by atomic mass is 10.2. The third kappa shape index (κ3) is 6.08. The molecule has 0 aliphatic carbocycles. The Labute approximate surface area is 154 Å². The van der Waals surface area contributed by atoms with E-state index in [1.165, 1.54) is 5.56 Å². The van der Waals surface area contributed by atoms with Crippen LogP contribution in [0.2, 0.25) is 0 Å². The molecule has 0 amide bonds. The molecule has 0 radical (unpaired) electrons. The molecule has 0 saturated heterocycles. The third-order valence-electron chi connectivity index (χ3n) is 3.42. The molecule has 0 atom stereocenters. The molecule has 0 aromatic heterocycles. The lowest BCUT2D eigenvalue weighted by molar-refractivity contribution is 0.284. The minimum atomic E-state index is 0.489. The highest BCUT2D eigenvalue weighted by Crippen LogP contribution is 2.28. The summed E-state index contributed by atoms with van der Waals surface area (Å²) in [4.78, 5) is 0. The van der Waals surface area contributed by atoms with Gasteiger partial charge in [-0.25, -0.2) is 0 Å². The fraction of sp³-hybridized carbons (Fsp3) is 0.263. The zero-order valence-electron chi connectivity index (χ0n) is 14.7. The molecule has 25 heavy (non-hydrogen) atoms. The van der Waals surface area contributed by atoms with Crippen LogP contribution >= 0.6 is 12.2 Å². The van der Waals surface area contributed by atoms with E-state index in [4.69, 9.17) is 21.7 Å². The van der Waals surface area contributed by atoms with Crippen LogP contribution in [0.5, 0.6) is 11.5 Å². The second-order valence-electron chi connectivity index (χ2n) is 5.41. The average molecular weight is 357 g/mol. The summed E-state index contributed by atoms with van der Waals surface area (Å²) in [5.41, 5.74) is 5.97. The Kier molecular flexibility index (Phi) is 7.22. The van der Waals surface area contributed by atoms with Crippen molar-refractivity contribution in [1.82, 2.24) is 10.7 Å². The van der Waals surface area contributed by atoms with E-state index < -0.39 is 0 Å². The lowest BCUT2D eigenvalue weighted by Gasteiger charge is -2.11. The summed E-state index contributed by atoms with van der Waals surface area (Å²) < 4.78 is 11.3. The molecular formula is C19H23N3O2S. The molecule has 0 unspecified atom stereocenters. The number of thiocarbonyl (C=S) groups is 1. The van der Waals surface area contributed by atoms with E-state index in [9.17, 15) is 0 Å². The maximum absolute atomic E-state index is 5.87. The first kappa shape index (κ1) is 18.7. The van der Waals surface area contributed by atoms with Gasteiger partial charge < -0.3 is 14.8 Å². The number of rotatable bonds is 7. The number of methoxy groups -OCH3 is 1. The van der Waals surface area contributed by atoms with Crippen LogP contribution in [0.3, 0.4) is 0 Å². The van der Waals surface area contributed by atoms with Crippen LogP contribution in [0.15, 0.2) is 47.6 Å². The summed E-state index contributed by atoms with van der Waals surface area (Å²) in [6, 6.07) is 13.9. The molecular weight excluding hydrogens is 334 g/mol. The first-order valence-corrected chi connectivity index (χ1v) is 8.46. The molecule has 0 saturated carbocycles. The maximum Gasteiger partial charge on any atom is 0.186 e. The molecule has 5 nitrogen and oxygen atoms in total. The van der Waals surface area contributed by atoms with E-state index in [1.54, 1.807) is 13.3 Å². The van der Waals surface area contributed by atoms with Gasteiger partial charge in [0, 0.05) is 6.54 Å². The molecule has 2 rings (SSSR count). The van der Waals surface area contributed by atoms with E-state index in [2.05, 4.69) is 47.0 Å². The Hall–Kier alpha value is -2.60. The molecule has 0 aliphatic rings. The summed E-state index contributed by atoms with van der Waals surface area (Å²) in [6.45, 7) is 5.27. The molecule has 2 N–H and O–H groups in total. The van der Waals surface area contributed by atoms with Crippen molar-refractivity contribution in [3.8, 4) is 11.5 Å². The highest BCUT2D eigenvalue weighted by Gasteiger charge is 2.05. The van der Waals surface area contributed by atoms with Gasteiger partial charge in [0.1, 0.15) is 6.61 Å². The Morgan fingerprint density at radius 3 is 2.60 bits per heavy atom. The maximum atomic E-state index is 5.87. The molecule has 2 aromatic carbocycles. The number of benzene rings is 2. The van der Waals surface area contributed by atoms with Crippen LogP contribution in [0.1, 0.15) is 23.6 Å². The topological polar surface area (TPSA) is 54.9 Å². The molecule has 0 heterocycles. The van der Waals surface area contributed by atoms with Crippen molar-refractivity contribution >= 4 is 23.5 Å². The van der Waals surface area contributed by atoms with Crippen LogP contribution in [0, 0.1) is 6.92 Å². The van der Waals surface area contributed by atoms with Crippen molar-refractivity contribution in [3.05, 3.63) is 59.2 Å². The molecule has 132 valence electrons. The summed E-state index contributed by atoms with van der Waals surface area (Å²) in [6.07, 6.45) is 1.68. The standard InChI is InChI=1S/C19H23N3O2S/c1-4-20-19(25)22-21-12-16-9-10-17(18(11-16)23-3)24-13-15-7-5-14(2)6-8-15/h5-12H,4,13H2,1-3H3,(H2,20,22,25)/b21-12-. The van der Waals surface area contributed by atoms with Gasteiger partial charge in [-0.2, -0.15) is 5.10 Å². The van der Waals surface area contributed by atoms with E-state index >= 15 is 0 Å². The monoisotopic (exact) mass is 357 g/mol. The zero-order valence-corrected chi connectivity index (χ0v) is 15.5. The predicted molar refractivity (Wildman–Crippen MR) is 106 cm³/mol. The SMILES string of the molecule is CCNC(=S)N/N=C\c1ccc(OCc2ccc(C)cc2)c(OC)c1. The van der Waals surface area contributed by atoms with Gasteiger partial charge in [0.25, 0.3) is 0 Å². The minimum absolute atomic E-state index is 0.489. The van der Waals surface area contributed by atoms with Gasteiger partial charge in [0.15, 0.2) is 16.6 Å². The Bertz CT molecular complexity index is 730. The van der Waals surface area contributed by atoms with Crippen molar-refractivity contribution in [3.63, 3.8) is 0 Å². The number of ether oxygens (including phenoxy) is 2. The van der Waals surface area contributed by atoms with Crippen molar-refractivity contribution < 1.29 is 9.47 Å². The van der Waals surface area contributed by atoms with Gasteiger partial charge in [0.2, 0.25) is 0 Å². The van der Waals surface area contributed by atoms with Gasteiger partial charge in [-0.05, 0) is 55.4 Å². The molecule has 0 bridgehead atoms. The van der Waals surface area contributed by atoms with E-state index in [1.807, 2.05) is 25.1 Å². The molecule has 6 heteroatoms. The predicted octanol–water partition coefficient (Wildman–Crippen LogP) is 3.40. The largest absolute Gasteiger partial charge is 0.493 e. The summed E-state index contributed by atoms with van der Waals surface area (Å²) in [5, 5.41) is 7.54. The first-order chi connectivity index (χ1) is 12.1. The zero-order chi connectivity index (χ0) is 18.1. The number of aryl methyl sites for hydroxylation is 1. The number of hydrogen-bond donors (Lipinski definition) is 2. The summed E-state index contributed by atoms with van der Waals surface area (Å²) in [7, 11) is 1.62. The Balaban J connectivity index is 1.99. The molecule has 0 fully saturated rings. The van der Waals surface area contributed by atoms with Gasteiger partial charge in [-0.3, -0.25) is 5.43 Å². The number of nitrogens with zero attached hydrogens (tertiary/aromatic N) is 1. The summed E-state index contributed by atoms with van der Waals surface area (Å²) in [5.74, 6) is 1.35. The fourth-order valence-corrected chi connectivity index (χ4v) is 2.29. The number of hydrazone groups is 1. The van der Waals surface area contributed by atoms with Crippen LogP contribution in [0.4, 0.5) is 0 Å². The highest BCUT2D eigenvalue weighted by molar-refractivity contribution is 7.80. The average Bonchev–Trinajstić information content (AvgIpc) is 2.62. The van der Waals surface area contributed by atoms with E-state index in [0.29, 0.717) is 23.2 Å². The van der Waals surface area contributed by atoms with E-state index in [0.717, 1.165) is 17.7 Å². The van der Waals surface area contributed by atoms with Crippen LogP contribution < -0.4 is 20.2 Å².